The number of nitrogens with zero attached hydrogens (tertiary/aromatic N) is 2. The van der Waals surface area contributed by atoms with E-state index in [0.29, 0.717) is 16.4 Å². The Morgan fingerprint density at radius 1 is 1.21 bits per heavy atom. The van der Waals surface area contributed by atoms with Gasteiger partial charge in [0.05, 0.1) is 5.69 Å². The quantitative estimate of drug-likeness (QED) is 0.754. The van der Waals surface area contributed by atoms with Gasteiger partial charge in [-0.05, 0) is 51.0 Å². The summed E-state index contributed by atoms with van der Waals surface area (Å²) in [7, 11) is 0. The van der Waals surface area contributed by atoms with Gasteiger partial charge in [-0.1, -0.05) is 30.9 Å². The van der Waals surface area contributed by atoms with E-state index < -0.39 is 17.5 Å². The summed E-state index contributed by atoms with van der Waals surface area (Å²) in [5.74, 6) is -1.29. The van der Waals surface area contributed by atoms with Crippen molar-refractivity contribution in [2.75, 3.05) is 0 Å². The minimum atomic E-state index is -1.02. The van der Waals surface area contributed by atoms with E-state index in [1.54, 1.807) is 31.2 Å². The maximum atomic E-state index is 12.5. The molecule has 29 heavy (non-hydrogen) atoms. The van der Waals surface area contributed by atoms with Gasteiger partial charge in [0.15, 0.2) is 6.10 Å². The molecule has 1 aliphatic carbocycles. The van der Waals surface area contributed by atoms with Crippen LogP contribution in [0.1, 0.15) is 55.2 Å². The molecule has 154 valence electrons. The number of carbonyl (C=O) groups excluding carboxylic acids is 2. The van der Waals surface area contributed by atoms with Crippen molar-refractivity contribution in [3.05, 3.63) is 57.0 Å². The van der Waals surface area contributed by atoms with Crippen molar-refractivity contribution in [2.24, 2.45) is 0 Å². The SMILES string of the molecule is Cc1cc(=O)c(C(=O)OC(C)C(=O)NC2CCCCC2)nn1-c1ccc(Cl)cc1. The lowest BCUT2D eigenvalue weighted by atomic mass is 9.95. The molecule has 8 heteroatoms. The van der Waals surface area contributed by atoms with Crippen LogP contribution >= 0.6 is 11.6 Å². The Morgan fingerprint density at radius 3 is 2.52 bits per heavy atom. The third-order valence-electron chi connectivity index (χ3n) is 4.98. The summed E-state index contributed by atoms with van der Waals surface area (Å²) in [5.41, 5.74) is 0.265. The molecular formula is C21H24ClN3O4. The van der Waals surface area contributed by atoms with Crippen LogP contribution in [0.25, 0.3) is 5.69 Å². The summed E-state index contributed by atoms with van der Waals surface area (Å²) in [5, 5.41) is 7.62. The molecule has 1 aliphatic rings. The molecule has 7 nitrogen and oxygen atoms in total. The monoisotopic (exact) mass is 417 g/mol. The molecule has 1 amide bonds. The summed E-state index contributed by atoms with van der Waals surface area (Å²) >= 11 is 5.91. The van der Waals surface area contributed by atoms with Crippen LogP contribution in [-0.2, 0) is 9.53 Å². The van der Waals surface area contributed by atoms with E-state index in [4.69, 9.17) is 16.3 Å². The average molecular weight is 418 g/mol. The van der Waals surface area contributed by atoms with Crippen LogP contribution < -0.4 is 10.7 Å². The first kappa shape index (κ1) is 21.0. The predicted molar refractivity (Wildman–Crippen MR) is 109 cm³/mol. The highest BCUT2D eigenvalue weighted by atomic mass is 35.5. The number of carbonyl (C=O) groups is 2. The zero-order valence-electron chi connectivity index (χ0n) is 16.5. The van der Waals surface area contributed by atoms with Crippen LogP contribution in [-0.4, -0.2) is 33.8 Å². The van der Waals surface area contributed by atoms with Crippen LogP contribution in [0.5, 0.6) is 0 Å². The molecule has 0 radical (unpaired) electrons. The van der Waals surface area contributed by atoms with E-state index in [0.717, 1.165) is 25.7 Å². The first-order valence-corrected chi connectivity index (χ1v) is 10.1. The second-order valence-corrected chi connectivity index (χ2v) is 7.71. The predicted octanol–water partition coefficient (Wildman–Crippen LogP) is 3.19. The molecule has 1 fully saturated rings. The Labute approximate surface area is 174 Å². The number of hydrogen-bond donors (Lipinski definition) is 1. The van der Waals surface area contributed by atoms with Gasteiger partial charge >= 0.3 is 5.97 Å². The third kappa shape index (κ3) is 5.23. The number of esters is 1. The maximum Gasteiger partial charge on any atom is 0.363 e. The van der Waals surface area contributed by atoms with Crippen LogP contribution in [0, 0.1) is 6.92 Å². The van der Waals surface area contributed by atoms with Crippen molar-refractivity contribution >= 4 is 23.5 Å². The van der Waals surface area contributed by atoms with Gasteiger partial charge in [-0.25, -0.2) is 9.48 Å². The Kier molecular flexibility index (Phi) is 6.69. The van der Waals surface area contributed by atoms with Gasteiger partial charge in [-0.2, -0.15) is 5.10 Å². The summed E-state index contributed by atoms with van der Waals surface area (Å²) < 4.78 is 6.68. The van der Waals surface area contributed by atoms with E-state index in [1.165, 1.54) is 24.1 Å². The fourth-order valence-electron chi connectivity index (χ4n) is 3.37. The van der Waals surface area contributed by atoms with E-state index in [-0.39, 0.29) is 17.6 Å². The molecular weight excluding hydrogens is 394 g/mol. The minimum absolute atomic E-state index is 0.108. The summed E-state index contributed by atoms with van der Waals surface area (Å²) in [6.45, 7) is 3.19. The summed E-state index contributed by atoms with van der Waals surface area (Å²) in [4.78, 5) is 37.1. The molecule has 1 unspecified atom stereocenters. The topological polar surface area (TPSA) is 90.3 Å². The molecule has 1 atom stereocenters. The van der Waals surface area contributed by atoms with Crippen molar-refractivity contribution in [2.45, 2.75) is 58.1 Å². The molecule has 0 aliphatic heterocycles. The molecule has 1 heterocycles. The molecule has 2 aromatic rings. The highest BCUT2D eigenvalue weighted by Gasteiger charge is 2.25. The molecule has 1 N–H and O–H groups in total. The first-order chi connectivity index (χ1) is 13.8. The summed E-state index contributed by atoms with van der Waals surface area (Å²) in [6, 6.07) is 8.24. The standard InChI is InChI=1S/C21H24ClN3O4/c1-13-12-18(26)19(24-25(13)17-10-8-15(22)9-11-17)21(28)29-14(2)20(27)23-16-6-4-3-5-7-16/h8-12,14,16H,3-7H2,1-2H3,(H,23,27). The Bertz CT molecular complexity index is 949. The van der Waals surface area contributed by atoms with Crippen LogP contribution in [0.3, 0.4) is 0 Å². The Hall–Kier alpha value is -2.67. The second-order valence-electron chi connectivity index (χ2n) is 7.28. The number of halogens is 1. The van der Waals surface area contributed by atoms with Gasteiger partial charge in [0.25, 0.3) is 5.91 Å². The van der Waals surface area contributed by atoms with E-state index >= 15 is 0 Å². The van der Waals surface area contributed by atoms with Crippen LogP contribution in [0.2, 0.25) is 5.02 Å². The van der Waals surface area contributed by atoms with Crippen LogP contribution in [0.15, 0.2) is 35.1 Å². The molecule has 0 saturated heterocycles. The smallest absolute Gasteiger partial charge is 0.363 e. The number of amides is 1. The normalized spacial score (nSPS) is 15.6. The first-order valence-electron chi connectivity index (χ1n) is 9.73. The van der Waals surface area contributed by atoms with Crippen molar-refractivity contribution in [1.82, 2.24) is 15.1 Å². The van der Waals surface area contributed by atoms with Crippen molar-refractivity contribution in [3.8, 4) is 5.69 Å². The molecule has 1 aromatic heterocycles. The summed E-state index contributed by atoms with van der Waals surface area (Å²) in [6.07, 6.45) is 4.18. The number of aryl methyl sites for hydroxylation is 1. The Morgan fingerprint density at radius 2 is 1.86 bits per heavy atom. The molecule has 0 spiro atoms. The molecule has 1 saturated carbocycles. The number of benzene rings is 1. The Balaban J connectivity index is 1.74. The van der Waals surface area contributed by atoms with Gasteiger partial charge in [0.1, 0.15) is 0 Å². The molecule has 1 aromatic carbocycles. The fourth-order valence-corrected chi connectivity index (χ4v) is 3.49. The lowest BCUT2D eigenvalue weighted by Gasteiger charge is -2.24. The van der Waals surface area contributed by atoms with Gasteiger partial charge in [-0.15, -0.1) is 0 Å². The van der Waals surface area contributed by atoms with Crippen molar-refractivity contribution in [1.29, 1.82) is 0 Å². The van der Waals surface area contributed by atoms with Crippen molar-refractivity contribution in [3.63, 3.8) is 0 Å². The van der Waals surface area contributed by atoms with Gasteiger partial charge in [0.2, 0.25) is 11.1 Å². The zero-order valence-corrected chi connectivity index (χ0v) is 17.2. The molecule has 3 rings (SSSR count). The number of ether oxygens (including phenoxy) is 1. The van der Waals surface area contributed by atoms with E-state index in [9.17, 15) is 14.4 Å². The number of aromatic nitrogens is 2. The van der Waals surface area contributed by atoms with Crippen molar-refractivity contribution < 1.29 is 14.3 Å². The number of rotatable bonds is 5. The molecule has 0 bridgehead atoms. The largest absolute Gasteiger partial charge is 0.448 e. The third-order valence-corrected chi connectivity index (χ3v) is 5.23. The maximum absolute atomic E-state index is 12.5. The van der Waals surface area contributed by atoms with E-state index in [1.807, 2.05) is 0 Å². The highest BCUT2D eigenvalue weighted by Crippen LogP contribution is 2.18. The lowest BCUT2D eigenvalue weighted by Crippen LogP contribution is -2.43. The number of nitrogens with one attached hydrogen (secondary N) is 1. The highest BCUT2D eigenvalue weighted by molar-refractivity contribution is 6.30. The fraction of sp³-hybridized carbons (Fsp3) is 0.429. The van der Waals surface area contributed by atoms with Crippen LogP contribution in [0.4, 0.5) is 0 Å². The zero-order chi connectivity index (χ0) is 21.0. The van der Waals surface area contributed by atoms with Gasteiger partial charge in [-0.3, -0.25) is 9.59 Å². The second kappa shape index (κ2) is 9.22. The average Bonchev–Trinajstić information content (AvgIpc) is 2.69. The van der Waals surface area contributed by atoms with E-state index in [2.05, 4.69) is 10.4 Å². The number of hydrogen-bond acceptors (Lipinski definition) is 5. The van der Waals surface area contributed by atoms with Gasteiger partial charge in [0, 0.05) is 22.8 Å². The van der Waals surface area contributed by atoms with Gasteiger partial charge < -0.3 is 10.1 Å². The minimum Gasteiger partial charge on any atom is -0.448 e. The lowest BCUT2D eigenvalue weighted by molar-refractivity contribution is -0.130.